The van der Waals surface area contributed by atoms with Crippen LogP contribution in [0.15, 0.2) is 18.2 Å². The third-order valence-corrected chi connectivity index (χ3v) is 2.92. The van der Waals surface area contributed by atoms with Gasteiger partial charge in [-0.05, 0) is 38.1 Å². The molecule has 0 saturated heterocycles. The van der Waals surface area contributed by atoms with Crippen LogP contribution in [0, 0.1) is 0 Å². The highest BCUT2D eigenvalue weighted by Crippen LogP contribution is 2.22. The van der Waals surface area contributed by atoms with E-state index in [-0.39, 0.29) is 18.4 Å². The van der Waals surface area contributed by atoms with Crippen LogP contribution in [0.4, 0.5) is 0 Å². The second kappa shape index (κ2) is 6.97. The van der Waals surface area contributed by atoms with Crippen molar-refractivity contribution < 1.29 is 9.90 Å². The first-order valence-electron chi connectivity index (χ1n) is 5.39. The molecule has 2 N–H and O–H groups in total. The van der Waals surface area contributed by atoms with Gasteiger partial charge in [0, 0.05) is 17.2 Å². The van der Waals surface area contributed by atoms with Gasteiger partial charge >= 0.3 is 0 Å². The van der Waals surface area contributed by atoms with Crippen molar-refractivity contribution in [3.05, 3.63) is 33.8 Å². The molecule has 0 saturated carbocycles. The van der Waals surface area contributed by atoms with E-state index < -0.39 is 0 Å². The van der Waals surface area contributed by atoms with Crippen LogP contribution in [-0.4, -0.2) is 30.1 Å². The fourth-order valence-electron chi connectivity index (χ4n) is 1.41. The summed E-state index contributed by atoms with van der Waals surface area (Å²) in [5, 5.41) is 12.5. The Morgan fingerprint density at radius 2 is 2.18 bits per heavy atom. The monoisotopic (exact) mass is 275 g/mol. The number of halogens is 2. The van der Waals surface area contributed by atoms with Crippen molar-refractivity contribution in [2.24, 2.45) is 0 Å². The molecule has 0 aliphatic heterocycles. The maximum absolute atomic E-state index is 12.0. The van der Waals surface area contributed by atoms with Gasteiger partial charge in [-0.3, -0.25) is 4.79 Å². The van der Waals surface area contributed by atoms with E-state index in [1.165, 1.54) is 0 Å². The topological polar surface area (TPSA) is 49.3 Å². The number of hydrogen-bond acceptors (Lipinski definition) is 3. The normalized spacial score (nSPS) is 12.5. The van der Waals surface area contributed by atoms with Crippen LogP contribution in [0.25, 0.3) is 0 Å². The lowest BCUT2D eigenvalue weighted by Gasteiger charge is -2.13. The van der Waals surface area contributed by atoms with Gasteiger partial charge in [0.2, 0.25) is 0 Å². The molecule has 0 spiro atoms. The van der Waals surface area contributed by atoms with Gasteiger partial charge in [-0.2, -0.15) is 0 Å². The number of Topliss-reactive ketones (excluding diaryl/α,β-unsaturated/α-hetero) is 1. The predicted molar refractivity (Wildman–Crippen MR) is 70.0 cm³/mol. The van der Waals surface area contributed by atoms with Crippen LogP contribution in [0.2, 0.25) is 10.0 Å². The summed E-state index contributed by atoms with van der Waals surface area (Å²) in [6.07, 6.45) is 0.617. The van der Waals surface area contributed by atoms with Crippen molar-refractivity contribution in [1.29, 1.82) is 0 Å². The molecule has 3 nitrogen and oxygen atoms in total. The third-order valence-electron chi connectivity index (χ3n) is 2.38. The van der Waals surface area contributed by atoms with E-state index in [0.29, 0.717) is 28.6 Å². The van der Waals surface area contributed by atoms with Crippen LogP contribution < -0.4 is 5.32 Å². The summed E-state index contributed by atoms with van der Waals surface area (Å²) >= 11 is 11.7. The second-order valence-corrected chi connectivity index (χ2v) is 4.59. The molecule has 1 aromatic carbocycles. The molecule has 0 aliphatic carbocycles. The molecule has 0 radical (unpaired) electrons. The quantitative estimate of drug-likeness (QED) is 0.620. The van der Waals surface area contributed by atoms with Gasteiger partial charge in [0.15, 0.2) is 5.78 Å². The summed E-state index contributed by atoms with van der Waals surface area (Å²) in [7, 11) is 0. The average Bonchev–Trinajstić information content (AvgIpc) is 2.28. The number of rotatable bonds is 6. The van der Waals surface area contributed by atoms with Crippen LogP contribution in [0.1, 0.15) is 23.7 Å². The zero-order chi connectivity index (χ0) is 12.8. The van der Waals surface area contributed by atoms with Gasteiger partial charge in [0.1, 0.15) is 0 Å². The minimum Gasteiger partial charge on any atom is -0.396 e. The van der Waals surface area contributed by atoms with E-state index >= 15 is 0 Å². The van der Waals surface area contributed by atoms with Gasteiger partial charge in [0.05, 0.1) is 11.1 Å². The molecule has 5 heteroatoms. The largest absolute Gasteiger partial charge is 0.396 e. The Labute approximate surface area is 111 Å². The Hall–Kier alpha value is -0.610. The van der Waals surface area contributed by atoms with E-state index in [9.17, 15) is 4.79 Å². The van der Waals surface area contributed by atoms with Crippen molar-refractivity contribution in [2.45, 2.75) is 19.4 Å². The Balaban J connectivity index is 2.68. The summed E-state index contributed by atoms with van der Waals surface area (Å²) in [5.41, 5.74) is 0.458. The minimum absolute atomic E-state index is 0.0791. The fourth-order valence-corrected chi connectivity index (χ4v) is 1.91. The molecule has 17 heavy (non-hydrogen) atoms. The number of aliphatic hydroxyl groups excluding tert-OH is 1. The Morgan fingerprint density at radius 1 is 1.47 bits per heavy atom. The van der Waals surface area contributed by atoms with Gasteiger partial charge in [-0.1, -0.05) is 23.2 Å². The molecular formula is C12H15Cl2NO2. The Morgan fingerprint density at radius 3 is 2.76 bits per heavy atom. The van der Waals surface area contributed by atoms with Crippen molar-refractivity contribution >= 4 is 29.0 Å². The van der Waals surface area contributed by atoms with Gasteiger partial charge in [0.25, 0.3) is 0 Å². The molecule has 1 unspecified atom stereocenters. The number of benzene rings is 1. The summed E-state index contributed by atoms with van der Waals surface area (Å²) in [5.74, 6) is -0.0791. The molecule has 0 aromatic heterocycles. The van der Waals surface area contributed by atoms with Gasteiger partial charge < -0.3 is 10.4 Å². The van der Waals surface area contributed by atoms with Crippen molar-refractivity contribution in [1.82, 2.24) is 5.32 Å². The maximum Gasteiger partial charge on any atom is 0.180 e. The standard InChI is InChI=1S/C12H15Cl2NO2/c1-8(15-5-2-6-16)12(17)10-4-3-9(13)7-11(10)14/h3-4,7-8,15-16H,2,5-6H2,1H3. The number of aliphatic hydroxyl groups is 1. The van der Waals surface area contributed by atoms with E-state index in [4.69, 9.17) is 28.3 Å². The average molecular weight is 276 g/mol. The Bertz CT molecular complexity index is 396. The predicted octanol–water partition coefficient (Wildman–Crippen LogP) is 2.54. The lowest BCUT2D eigenvalue weighted by atomic mass is 10.1. The van der Waals surface area contributed by atoms with E-state index in [1.807, 2.05) is 0 Å². The van der Waals surface area contributed by atoms with Crippen molar-refractivity contribution in [3.8, 4) is 0 Å². The third kappa shape index (κ3) is 4.28. The van der Waals surface area contributed by atoms with E-state index in [2.05, 4.69) is 5.32 Å². The summed E-state index contributed by atoms with van der Waals surface area (Å²) < 4.78 is 0. The van der Waals surface area contributed by atoms with Crippen molar-refractivity contribution in [3.63, 3.8) is 0 Å². The van der Waals surface area contributed by atoms with Crippen molar-refractivity contribution in [2.75, 3.05) is 13.2 Å². The molecule has 0 aliphatic rings. The van der Waals surface area contributed by atoms with Crippen LogP contribution in [-0.2, 0) is 0 Å². The molecule has 0 amide bonds. The lowest BCUT2D eigenvalue weighted by molar-refractivity contribution is 0.0950. The van der Waals surface area contributed by atoms with Crippen LogP contribution >= 0.6 is 23.2 Å². The number of carbonyl (C=O) groups excluding carboxylic acids is 1. The molecule has 1 atom stereocenters. The minimum atomic E-state index is -0.333. The molecule has 0 fully saturated rings. The fraction of sp³-hybridized carbons (Fsp3) is 0.417. The first kappa shape index (κ1) is 14.5. The van der Waals surface area contributed by atoms with E-state index in [0.717, 1.165) is 0 Å². The smallest absolute Gasteiger partial charge is 0.180 e. The summed E-state index contributed by atoms with van der Waals surface area (Å²) in [6, 6.07) is 4.48. The number of hydrogen-bond donors (Lipinski definition) is 2. The van der Waals surface area contributed by atoms with Gasteiger partial charge in [-0.25, -0.2) is 0 Å². The Kier molecular flexibility index (Phi) is 5.92. The highest BCUT2D eigenvalue weighted by Gasteiger charge is 2.17. The maximum atomic E-state index is 12.0. The molecule has 1 rings (SSSR count). The molecule has 0 bridgehead atoms. The number of carbonyl (C=O) groups is 1. The first-order chi connectivity index (χ1) is 8.06. The zero-order valence-electron chi connectivity index (χ0n) is 9.54. The highest BCUT2D eigenvalue weighted by atomic mass is 35.5. The highest BCUT2D eigenvalue weighted by molar-refractivity contribution is 6.37. The molecule has 1 aromatic rings. The molecule has 94 valence electrons. The summed E-state index contributed by atoms with van der Waals surface area (Å²) in [6.45, 7) is 2.47. The lowest BCUT2D eigenvalue weighted by Crippen LogP contribution is -2.35. The molecule has 0 heterocycles. The summed E-state index contributed by atoms with van der Waals surface area (Å²) in [4.78, 5) is 12.0. The number of nitrogens with one attached hydrogen (secondary N) is 1. The number of ketones is 1. The SMILES string of the molecule is CC(NCCCO)C(=O)c1ccc(Cl)cc1Cl. The zero-order valence-corrected chi connectivity index (χ0v) is 11.1. The second-order valence-electron chi connectivity index (χ2n) is 3.74. The van der Waals surface area contributed by atoms with E-state index in [1.54, 1.807) is 25.1 Å². The van der Waals surface area contributed by atoms with Crippen LogP contribution in [0.3, 0.4) is 0 Å². The van der Waals surface area contributed by atoms with Gasteiger partial charge in [-0.15, -0.1) is 0 Å². The van der Waals surface area contributed by atoms with Crippen LogP contribution in [0.5, 0.6) is 0 Å². The molecular weight excluding hydrogens is 261 g/mol. The first-order valence-corrected chi connectivity index (χ1v) is 6.15.